The number of ether oxygens (including phenoxy) is 1. The molecule has 1 aromatic carbocycles. The van der Waals surface area contributed by atoms with Crippen LogP contribution < -0.4 is 15.5 Å². The van der Waals surface area contributed by atoms with Crippen LogP contribution in [0.5, 0.6) is 0 Å². The summed E-state index contributed by atoms with van der Waals surface area (Å²) in [6.07, 6.45) is 4.45. The van der Waals surface area contributed by atoms with Crippen molar-refractivity contribution in [1.29, 1.82) is 0 Å². The quantitative estimate of drug-likeness (QED) is 0.670. The van der Waals surface area contributed by atoms with Crippen molar-refractivity contribution in [2.24, 2.45) is 10.7 Å². The van der Waals surface area contributed by atoms with Gasteiger partial charge in [-0.25, -0.2) is 4.98 Å². The van der Waals surface area contributed by atoms with Crippen molar-refractivity contribution < 1.29 is 14.3 Å². The van der Waals surface area contributed by atoms with E-state index in [-0.39, 0.29) is 24.3 Å². The van der Waals surface area contributed by atoms with Gasteiger partial charge >= 0.3 is 0 Å². The summed E-state index contributed by atoms with van der Waals surface area (Å²) in [7, 11) is 3.87. The molecule has 0 atom stereocenters. The molecule has 38 heavy (non-hydrogen) atoms. The molecule has 4 heterocycles. The molecule has 9 nitrogen and oxygen atoms in total. The van der Waals surface area contributed by atoms with Crippen molar-refractivity contribution in [1.82, 2.24) is 9.88 Å². The van der Waals surface area contributed by atoms with Gasteiger partial charge < -0.3 is 25.2 Å². The van der Waals surface area contributed by atoms with E-state index in [2.05, 4.69) is 11.1 Å². The van der Waals surface area contributed by atoms with Crippen LogP contribution in [0.15, 0.2) is 47.1 Å². The maximum atomic E-state index is 13.3. The van der Waals surface area contributed by atoms with Crippen LogP contribution in [-0.4, -0.2) is 73.9 Å². The van der Waals surface area contributed by atoms with E-state index in [0.29, 0.717) is 45.0 Å². The van der Waals surface area contributed by atoms with Crippen LogP contribution in [0.3, 0.4) is 0 Å². The van der Waals surface area contributed by atoms with E-state index in [9.17, 15) is 9.59 Å². The first-order valence-corrected chi connectivity index (χ1v) is 13.3. The van der Waals surface area contributed by atoms with Gasteiger partial charge in [0.2, 0.25) is 11.8 Å². The molecule has 5 rings (SSSR count). The van der Waals surface area contributed by atoms with Gasteiger partial charge in [0, 0.05) is 76.3 Å². The molecule has 0 spiro atoms. The molecule has 2 amide bonds. The maximum absolute atomic E-state index is 13.3. The van der Waals surface area contributed by atoms with Crippen LogP contribution in [-0.2, 0) is 27.3 Å². The summed E-state index contributed by atoms with van der Waals surface area (Å²) in [6.45, 7) is 4.54. The fraction of sp³-hybridized carbons (Fsp3) is 0.448. The smallest absolute Gasteiger partial charge is 0.231 e. The molecular formula is C29H36N6O3. The summed E-state index contributed by atoms with van der Waals surface area (Å²) in [6, 6.07) is 10.1. The Balaban J connectivity index is 1.49. The maximum Gasteiger partial charge on any atom is 0.231 e. The average Bonchev–Trinajstić information content (AvgIpc) is 2.92. The Morgan fingerprint density at radius 1 is 1.16 bits per heavy atom. The lowest BCUT2D eigenvalue weighted by Gasteiger charge is -2.33. The molecule has 0 bridgehead atoms. The lowest BCUT2D eigenvalue weighted by molar-refractivity contribution is -0.128. The van der Waals surface area contributed by atoms with Crippen molar-refractivity contribution in [3.8, 4) is 0 Å². The van der Waals surface area contributed by atoms with E-state index in [1.54, 1.807) is 18.0 Å². The van der Waals surface area contributed by atoms with E-state index < -0.39 is 0 Å². The Hall–Kier alpha value is -3.72. The number of nitrogens with two attached hydrogens (primary N) is 1. The Morgan fingerprint density at radius 3 is 2.63 bits per heavy atom. The number of piperidine rings is 1. The fourth-order valence-corrected chi connectivity index (χ4v) is 5.39. The molecule has 2 aromatic rings. The van der Waals surface area contributed by atoms with Gasteiger partial charge in [-0.3, -0.25) is 14.6 Å². The summed E-state index contributed by atoms with van der Waals surface area (Å²) in [5.74, 6) is 0.869. The van der Waals surface area contributed by atoms with Crippen molar-refractivity contribution >= 4 is 34.7 Å². The predicted molar refractivity (Wildman–Crippen MR) is 149 cm³/mol. The number of rotatable bonds is 4. The van der Waals surface area contributed by atoms with Crippen LogP contribution in [0.4, 0.5) is 11.5 Å². The normalized spacial score (nSPS) is 20.9. The third kappa shape index (κ3) is 5.29. The highest BCUT2D eigenvalue weighted by Gasteiger charge is 2.30. The summed E-state index contributed by atoms with van der Waals surface area (Å²) in [4.78, 5) is 40.7. The minimum Gasteiger partial charge on any atom is -0.398 e. The number of aromatic nitrogens is 1. The average molecular weight is 517 g/mol. The van der Waals surface area contributed by atoms with Crippen LogP contribution in [0.25, 0.3) is 5.70 Å². The van der Waals surface area contributed by atoms with Gasteiger partial charge in [-0.15, -0.1) is 0 Å². The standard InChI is InChI=1S/C29H36N6O3/c1-19(36)34-12-9-26(32-21-10-13-38-14-11-21)25(18-34)29(30)23-6-4-5-20-17-35(28(37)15-24(20)23)22-7-8-27(31-16-22)33(2)3/h4-8,16,21H,9-15,17-18,30H2,1-3H3. The minimum atomic E-state index is 0.00672. The first-order valence-electron chi connectivity index (χ1n) is 13.3. The number of anilines is 2. The third-order valence-corrected chi connectivity index (χ3v) is 7.64. The topological polar surface area (TPSA) is 104 Å². The summed E-state index contributed by atoms with van der Waals surface area (Å²) in [5.41, 5.74) is 13.0. The number of aliphatic imine (C=N–C) groups is 1. The summed E-state index contributed by atoms with van der Waals surface area (Å²) >= 11 is 0. The van der Waals surface area contributed by atoms with Gasteiger partial charge in [-0.1, -0.05) is 18.2 Å². The number of pyridine rings is 1. The van der Waals surface area contributed by atoms with Gasteiger partial charge in [0.05, 0.1) is 30.9 Å². The third-order valence-electron chi connectivity index (χ3n) is 7.64. The van der Waals surface area contributed by atoms with E-state index in [0.717, 1.165) is 52.3 Å². The predicted octanol–water partition coefficient (Wildman–Crippen LogP) is 2.78. The van der Waals surface area contributed by atoms with Gasteiger partial charge in [-0.2, -0.15) is 0 Å². The van der Waals surface area contributed by atoms with Gasteiger partial charge in [0.15, 0.2) is 0 Å². The van der Waals surface area contributed by atoms with Crippen molar-refractivity contribution in [3.05, 3.63) is 58.8 Å². The summed E-state index contributed by atoms with van der Waals surface area (Å²) < 4.78 is 5.51. The zero-order chi connectivity index (χ0) is 26.8. The largest absolute Gasteiger partial charge is 0.398 e. The molecule has 9 heteroatoms. The molecule has 2 N–H and O–H groups in total. The zero-order valence-corrected chi connectivity index (χ0v) is 22.4. The lowest BCUT2D eigenvalue weighted by Crippen LogP contribution is -2.41. The first kappa shape index (κ1) is 25.9. The monoisotopic (exact) mass is 516 g/mol. The molecule has 3 aliphatic rings. The Bertz CT molecular complexity index is 1280. The number of hydrogen-bond donors (Lipinski definition) is 1. The lowest BCUT2D eigenvalue weighted by atomic mass is 9.89. The SMILES string of the molecule is CC(=O)N1CCC(=NC2CCOCC2)C(=C(N)c2cccc3c2CC(=O)N(c2ccc(N(C)C)nc2)C3)C1. The Morgan fingerprint density at radius 2 is 1.95 bits per heavy atom. The second kappa shape index (κ2) is 10.9. The number of benzene rings is 1. The summed E-state index contributed by atoms with van der Waals surface area (Å²) in [5, 5.41) is 0. The molecule has 0 unspecified atom stereocenters. The van der Waals surface area contributed by atoms with Gasteiger partial charge in [0.25, 0.3) is 0 Å². The Labute approximate surface area is 224 Å². The van der Waals surface area contributed by atoms with Crippen molar-refractivity contribution in [2.45, 2.75) is 45.2 Å². The van der Waals surface area contributed by atoms with E-state index in [1.807, 2.05) is 48.2 Å². The second-order valence-corrected chi connectivity index (χ2v) is 10.4. The highest BCUT2D eigenvalue weighted by Crippen LogP contribution is 2.32. The zero-order valence-electron chi connectivity index (χ0n) is 22.4. The number of carbonyl (C=O) groups is 2. The Kier molecular flexibility index (Phi) is 7.46. The van der Waals surface area contributed by atoms with Crippen LogP contribution in [0, 0.1) is 0 Å². The van der Waals surface area contributed by atoms with E-state index in [1.165, 1.54) is 0 Å². The molecule has 200 valence electrons. The number of carbonyl (C=O) groups excluding carboxylic acids is 2. The second-order valence-electron chi connectivity index (χ2n) is 10.4. The van der Waals surface area contributed by atoms with Gasteiger partial charge in [-0.05, 0) is 36.1 Å². The highest BCUT2D eigenvalue weighted by atomic mass is 16.5. The number of amides is 2. The minimum absolute atomic E-state index is 0.00672. The highest BCUT2D eigenvalue weighted by molar-refractivity contribution is 6.08. The molecule has 2 fully saturated rings. The molecular weight excluding hydrogens is 480 g/mol. The molecule has 0 radical (unpaired) electrons. The fourth-order valence-electron chi connectivity index (χ4n) is 5.39. The van der Waals surface area contributed by atoms with E-state index in [4.69, 9.17) is 15.5 Å². The number of fused-ring (bicyclic) bond motifs is 1. The molecule has 2 saturated heterocycles. The van der Waals surface area contributed by atoms with Crippen LogP contribution in [0.2, 0.25) is 0 Å². The van der Waals surface area contributed by atoms with E-state index >= 15 is 0 Å². The molecule has 3 aliphatic heterocycles. The van der Waals surface area contributed by atoms with Crippen LogP contribution in [0.1, 0.15) is 42.9 Å². The van der Waals surface area contributed by atoms with Crippen LogP contribution >= 0.6 is 0 Å². The van der Waals surface area contributed by atoms with Crippen molar-refractivity contribution in [2.75, 3.05) is 50.2 Å². The van der Waals surface area contributed by atoms with Crippen molar-refractivity contribution in [3.63, 3.8) is 0 Å². The molecule has 0 saturated carbocycles. The molecule has 1 aromatic heterocycles. The number of likely N-dealkylation sites (tertiary alicyclic amines) is 1. The molecule has 0 aliphatic carbocycles. The number of hydrogen-bond acceptors (Lipinski definition) is 7. The first-order chi connectivity index (χ1) is 18.3. The number of nitrogens with zero attached hydrogens (tertiary/aromatic N) is 5. The van der Waals surface area contributed by atoms with Gasteiger partial charge in [0.1, 0.15) is 5.82 Å².